The number of hydrogen-bond acceptors (Lipinski definition) is 4. The van der Waals surface area contributed by atoms with Crippen LogP contribution in [-0.2, 0) is 18.4 Å². The minimum Gasteiger partial charge on any atom is -0.351 e. The number of ketones is 1. The molecule has 0 fully saturated rings. The molecular weight excluding hydrogens is 322 g/mol. The molecule has 0 aliphatic carbocycles. The van der Waals surface area contributed by atoms with Crippen LogP contribution < -0.4 is 5.32 Å². The van der Waals surface area contributed by atoms with Crippen LogP contribution in [0, 0.1) is 13.8 Å². The summed E-state index contributed by atoms with van der Waals surface area (Å²) in [7, 11) is 1.96. The van der Waals surface area contributed by atoms with Crippen LogP contribution in [0.15, 0.2) is 23.6 Å². The van der Waals surface area contributed by atoms with E-state index in [1.807, 2.05) is 60.9 Å². The van der Waals surface area contributed by atoms with Crippen LogP contribution in [0.5, 0.6) is 0 Å². The van der Waals surface area contributed by atoms with Crippen molar-refractivity contribution in [3.63, 3.8) is 0 Å². The van der Waals surface area contributed by atoms with Crippen LogP contribution in [-0.4, -0.2) is 40.8 Å². The molecule has 1 amide bonds. The normalized spacial score (nSPS) is 11.0. The number of aromatic nitrogens is 1. The van der Waals surface area contributed by atoms with Crippen LogP contribution in [0.4, 0.5) is 0 Å². The van der Waals surface area contributed by atoms with E-state index in [0.29, 0.717) is 13.1 Å². The van der Waals surface area contributed by atoms with Crippen LogP contribution in [0.1, 0.15) is 33.5 Å². The van der Waals surface area contributed by atoms with E-state index in [-0.39, 0.29) is 24.8 Å². The number of likely N-dealkylation sites (N-methyl/N-ethyl adjacent to an activating group) is 1. The lowest BCUT2D eigenvalue weighted by Gasteiger charge is -2.19. The number of nitrogens with one attached hydrogen (secondary N) is 1. The van der Waals surface area contributed by atoms with Gasteiger partial charge in [-0.05, 0) is 37.9 Å². The van der Waals surface area contributed by atoms with E-state index in [1.54, 1.807) is 11.3 Å². The average molecular weight is 347 g/mol. The molecule has 0 saturated heterocycles. The van der Waals surface area contributed by atoms with Crippen molar-refractivity contribution in [2.75, 3.05) is 19.6 Å². The van der Waals surface area contributed by atoms with Gasteiger partial charge in [0.2, 0.25) is 5.91 Å². The monoisotopic (exact) mass is 347 g/mol. The zero-order valence-electron chi connectivity index (χ0n) is 14.8. The Morgan fingerprint density at radius 3 is 2.58 bits per heavy atom. The fourth-order valence-electron chi connectivity index (χ4n) is 2.56. The molecule has 2 heterocycles. The Balaban J connectivity index is 1.89. The Hall–Kier alpha value is -1.92. The highest BCUT2D eigenvalue weighted by Gasteiger charge is 2.18. The summed E-state index contributed by atoms with van der Waals surface area (Å²) < 4.78 is 2.01. The number of amides is 1. The molecule has 0 bridgehead atoms. The summed E-state index contributed by atoms with van der Waals surface area (Å²) in [6, 6.07) is 5.88. The van der Waals surface area contributed by atoms with Crippen molar-refractivity contribution in [1.82, 2.24) is 14.8 Å². The molecule has 24 heavy (non-hydrogen) atoms. The van der Waals surface area contributed by atoms with Crippen LogP contribution in [0.3, 0.4) is 0 Å². The molecule has 0 spiro atoms. The Morgan fingerprint density at radius 1 is 1.29 bits per heavy atom. The summed E-state index contributed by atoms with van der Waals surface area (Å²) in [6.45, 7) is 7.58. The smallest absolute Gasteiger partial charge is 0.234 e. The van der Waals surface area contributed by atoms with Crippen molar-refractivity contribution in [3.05, 3.63) is 45.4 Å². The van der Waals surface area contributed by atoms with Crippen LogP contribution >= 0.6 is 11.3 Å². The predicted octanol–water partition coefficient (Wildman–Crippen LogP) is 2.52. The quantitative estimate of drug-likeness (QED) is 0.747. The zero-order chi connectivity index (χ0) is 17.7. The summed E-state index contributed by atoms with van der Waals surface area (Å²) in [6.07, 6.45) is 0. The van der Waals surface area contributed by atoms with E-state index in [4.69, 9.17) is 0 Å². The number of rotatable bonds is 8. The van der Waals surface area contributed by atoms with Gasteiger partial charge in [-0.25, -0.2) is 0 Å². The molecule has 2 aromatic heterocycles. The lowest BCUT2D eigenvalue weighted by atomic mass is 10.1. The number of nitrogens with zero attached hydrogens (tertiary/aromatic N) is 2. The molecule has 0 aliphatic heterocycles. The zero-order valence-corrected chi connectivity index (χ0v) is 15.6. The van der Waals surface area contributed by atoms with E-state index >= 15 is 0 Å². The summed E-state index contributed by atoms with van der Waals surface area (Å²) in [4.78, 5) is 27.6. The molecule has 0 aliphatic rings. The molecule has 130 valence electrons. The third-order valence-electron chi connectivity index (χ3n) is 4.30. The molecule has 6 heteroatoms. The van der Waals surface area contributed by atoms with Crippen molar-refractivity contribution in [2.24, 2.45) is 7.05 Å². The number of hydrogen-bond donors (Lipinski definition) is 1. The van der Waals surface area contributed by atoms with Crippen molar-refractivity contribution < 1.29 is 9.59 Å². The van der Waals surface area contributed by atoms with Gasteiger partial charge in [-0.3, -0.25) is 14.5 Å². The number of Topliss-reactive ketones (excluding diaryl/α,β-unsaturated/α-hetero) is 1. The fourth-order valence-corrected chi connectivity index (χ4v) is 3.21. The second-order valence-electron chi connectivity index (χ2n) is 5.93. The van der Waals surface area contributed by atoms with Crippen LogP contribution in [0.2, 0.25) is 0 Å². The maximum absolute atomic E-state index is 12.5. The minimum absolute atomic E-state index is 0.0565. The first-order valence-electron chi connectivity index (χ1n) is 8.10. The Kier molecular flexibility index (Phi) is 6.34. The first-order chi connectivity index (χ1) is 11.4. The molecule has 1 N–H and O–H groups in total. The molecule has 0 unspecified atom stereocenters. The third-order valence-corrected chi connectivity index (χ3v) is 5.17. The summed E-state index contributed by atoms with van der Waals surface area (Å²) in [5, 5.41) is 4.89. The molecule has 5 nitrogen and oxygen atoms in total. The standard InChI is InChI=1S/C18H25N3O2S/c1-5-21(12-18(23)19-10-15-7-6-8-24-15)11-17(22)16-9-13(2)20(4)14(16)3/h6-9H,5,10-12H2,1-4H3,(H,19,23). The maximum Gasteiger partial charge on any atom is 0.234 e. The van der Waals surface area contributed by atoms with E-state index in [1.165, 1.54) is 0 Å². The van der Waals surface area contributed by atoms with Gasteiger partial charge in [0, 0.05) is 28.9 Å². The SMILES string of the molecule is CCN(CC(=O)NCc1cccs1)CC(=O)c1cc(C)n(C)c1C. The minimum atomic E-state index is -0.0565. The van der Waals surface area contributed by atoms with E-state index in [0.717, 1.165) is 21.8 Å². The lowest BCUT2D eigenvalue weighted by Crippen LogP contribution is -2.39. The van der Waals surface area contributed by atoms with Crippen molar-refractivity contribution >= 4 is 23.0 Å². The summed E-state index contributed by atoms with van der Waals surface area (Å²) in [5.74, 6) is 0.00289. The van der Waals surface area contributed by atoms with E-state index in [2.05, 4.69) is 5.32 Å². The molecule has 2 aromatic rings. The second kappa shape index (κ2) is 8.26. The predicted molar refractivity (Wildman–Crippen MR) is 97.5 cm³/mol. The number of thiophene rings is 1. The van der Waals surface area contributed by atoms with Crippen molar-refractivity contribution in [2.45, 2.75) is 27.3 Å². The number of carbonyl (C=O) groups is 2. The molecule has 0 aromatic carbocycles. The Bertz CT molecular complexity index is 704. The number of aryl methyl sites for hydroxylation is 1. The van der Waals surface area contributed by atoms with Gasteiger partial charge in [-0.2, -0.15) is 0 Å². The molecule has 0 saturated carbocycles. The van der Waals surface area contributed by atoms with E-state index < -0.39 is 0 Å². The van der Waals surface area contributed by atoms with Gasteiger partial charge >= 0.3 is 0 Å². The second-order valence-corrected chi connectivity index (χ2v) is 6.96. The highest BCUT2D eigenvalue weighted by atomic mass is 32.1. The van der Waals surface area contributed by atoms with Gasteiger partial charge in [0.15, 0.2) is 5.78 Å². The molecule has 0 radical (unpaired) electrons. The molecule has 2 rings (SSSR count). The average Bonchev–Trinajstić information content (AvgIpc) is 3.16. The maximum atomic E-state index is 12.5. The Morgan fingerprint density at radius 2 is 2.04 bits per heavy atom. The van der Waals surface area contributed by atoms with Gasteiger partial charge in [-0.15, -0.1) is 11.3 Å². The molecule has 0 atom stereocenters. The van der Waals surface area contributed by atoms with Gasteiger partial charge in [0.25, 0.3) is 0 Å². The van der Waals surface area contributed by atoms with E-state index in [9.17, 15) is 9.59 Å². The van der Waals surface area contributed by atoms with Gasteiger partial charge in [0.1, 0.15) is 0 Å². The highest BCUT2D eigenvalue weighted by molar-refractivity contribution is 7.09. The van der Waals surface area contributed by atoms with Crippen LogP contribution in [0.25, 0.3) is 0 Å². The first kappa shape index (κ1) is 18.4. The summed E-state index contributed by atoms with van der Waals surface area (Å²) >= 11 is 1.62. The van der Waals surface area contributed by atoms with Gasteiger partial charge in [0.05, 0.1) is 19.6 Å². The lowest BCUT2D eigenvalue weighted by molar-refractivity contribution is -0.122. The van der Waals surface area contributed by atoms with Gasteiger partial charge < -0.3 is 9.88 Å². The topological polar surface area (TPSA) is 54.3 Å². The molecular formula is C18H25N3O2S. The van der Waals surface area contributed by atoms with Gasteiger partial charge in [-0.1, -0.05) is 13.0 Å². The fraction of sp³-hybridized carbons (Fsp3) is 0.444. The Labute approximate surface area is 147 Å². The largest absolute Gasteiger partial charge is 0.351 e. The summed E-state index contributed by atoms with van der Waals surface area (Å²) in [5.41, 5.74) is 2.77. The van der Waals surface area contributed by atoms with Crippen molar-refractivity contribution in [3.8, 4) is 0 Å². The number of carbonyl (C=O) groups excluding carboxylic acids is 2. The first-order valence-corrected chi connectivity index (χ1v) is 8.97. The van der Waals surface area contributed by atoms with Crippen molar-refractivity contribution in [1.29, 1.82) is 0 Å². The highest BCUT2D eigenvalue weighted by Crippen LogP contribution is 2.14. The third kappa shape index (κ3) is 4.55.